The Morgan fingerprint density at radius 3 is 3.09 bits per heavy atom. The summed E-state index contributed by atoms with van der Waals surface area (Å²) in [5.41, 5.74) is 0. The van der Waals surface area contributed by atoms with Crippen molar-refractivity contribution in [2.45, 2.75) is 38.8 Å². The molecule has 0 N–H and O–H groups in total. The highest BCUT2D eigenvalue weighted by molar-refractivity contribution is 5.39. The molecule has 1 aliphatic rings. The summed E-state index contributed by atoms with van der Waals surface area (Å²) in [6.45, 7) is 4.71. The van der Waals surface area contributed by atoms with Crippen LogP contribution in [0.25, 0.3) is 0 Å². The summed E-state index contributed by atoms with van der Waals surface area (Å²) in [7, 11) is 2.09. The van der Waals surface area contributed by atoms with Gasteiger partial charge < -0.3 is 9.42 Å². The Hall–Kier alpha value is -2.02. The predicted molar refractivity (Wildman–Crippen MR) is 82.4 cm³/mol. The standard InChI is InChI=1S/C15H22N6O/c1-3-15-17-13(19-22-15)11-20(2)10-12-6-5-9-21(12)14-7-4-8-16-18-14/h4,7-8,12H,3,5-6,9-11H2,1-2H3/t12-/m1/s1. The van der Waals surface area contributed by atoms with Crippen molar-refractivity contribution in [1.82, 2.24) is 25.2 Å². The minimum atomic E-state index is 0.458. The summed E-state index contributed by atoms with van der Waals surface area (Å²) in [6.07, 6.45) is 4.85. The van der Waals surface area contributed by atoms with E-state index in [9.17, 15) is 0 Å². The monoisotopic (exact) mass is 302 g/mol. The van der Waals surface area contributed by atoms with E-state index in [4.69, 9.17) is 4.52 Å². The SMILES string of the molecule is CCc1nc(CN(C)C[C@H]2CCCN2c2cccnn2)no1. The molecular formula is C15H22N6O. The van der Waals surface area contributed by atoms with Gasteiger partial charge in [-0.15, -0.1) is 5.10 Å². The Morgan fingerprint density at radius 2 is 2.36 bits per heavy atom. The fourth-order valence-electron chi connectivity index (χ4n) is 2.94. The Labute approximate surface area is 130 Å². The van der Waals surface area contributed by atoms with Crippen LogP contribution in [0.1, 0.15) is 31.5 Å². The fourth-order valence-corrected chi connectivity index (χ4v) is 2.94. The molecule has 2 aromatic heterocycles. The lowest BCUT2D eigenvalue weighted by Crippen LogP contribution is -2.39. The predicted octanol–water partition coefficient (Wildman–Crippen LogP) is 1.52. The Balaban J connectivity index is 1.59. The first-order chi connectivity index (χ1) is 10.8. The van der Waals surface area contributed by atoms with Crippen LogP contribution in [-0.2, 0) is 13.0 Å². The second-order valence-electron chi connectivity index (χ2n) is 5.73. The molecule has 3 rings (SSSR count). The second-order valence-corrected chi connectivity index (χ2v) is 5.73. The minimum Gasteiger partial charge on any atom is -0.351 e. The molecule has 118 valence electrons. The van der Waals surface area contributed by atoms with Gasteiger partial charge >= 0.3 is 0 Å². The first-order valence-electron chi connectivity index (χ1n) is 7.80. The number of rotatable bonds is 6. The topological polar surface area (TPSA) is 71.2 Å². The van der Waals surface area contributed by atoms with Gasteiger partial charge in [0.2, 0.25) is 5.89 Å². The first-order valence-corrected chi connectivity index (χ1v) is 7.80. The zero-order chi connectivity index (χ0) is 15.4. The number of hydrogen-bond acceptors (Lipinski definition) is 7. The maximum absolute atomic E-state index is 5.16. The number of anilines is 1. The van der Waals surface area contributed by atoms with E-state index in [1.54, 1.807) is 6.20 Å². The van der Waals surface area contributed by atoms with Crippen LogP contribution in [0.2, 0.25) is 0 Å². The largest absolute Gasteiger partial charge is 0.351 e. The van der Waals surface area contributed by atoms with E-state index in [-0.39, 0.29) is 0 Å². The molecule has 1 atom stereocenters. The zero-order valence-electron chi connectivity index (χ0n) is 13.1. The van der Waals surface area contributed by atoms with Crippen LogP contribution in [-0.4, -0.2) is 51.4 Å². The summed E-state index contributed by atoms with van der Waals surface area (Å²) in [6, 6.07) is 4.42. The van der Waals surface area contributed by atoms with E-state index in [1.807, 2.05) is 19.1 Å². The molecule has 1 aliphatic heterocycles. The fraction of sp³-hybridized carbons (Fsp3) is 0.600. The zero-order valence-corrected chi connectivity index (χ0v) is 13.1. The molecule has 0 spiro atoms. The molecule has 0 amide bonds. The van der Waals surface area contributed by atoms with Crippen molar-refractivity contribution in [3.63, 3.8) is 0 Å². The van der Waals surface area contributed by atoms with Crippen molar-refractivity contribution >= 4 is 5.82 Å². The highest BCUT2D eigenvalue weighted by Crippen LogP contribution is 2.23. The third-order valence-electron chi connectivity index (χ3n) is 3.98. The number of aromatic nitrogens is 4. The van der Waals surface area contributed by atoms with E-state index >= 15 is 0 Å². The molecule has 1 saturated heterocycles. The average Bonchev–Trinajstić information content (AvgIpc) is 3.17. The van der Waals surface area contributed by atoms with E-state index in [0.717, 1.165) is 31.2 Å². The third kappa shape index (κ3) is 3.41. The van der Waals surface area contributed by atoms with Crippen LogP contribution in [0.5, 0.6) is 0 Å². The van der Waals surface area contributed by atoms with Crippen molar-refractivity contribution in [1.29, 1.82) is 0 Å². The highest BCUT2D eigenvalue weighted by Gasteiger charge is 2.27. The molecule has 7 nitrogen and oxygen atoms in total. The Kier molecular flexibility index (Phi) is 4.62. The molecule has 7 heteroatoms. The van der Waals surface area contributed by atoms with Crippen LogP contribution in [0.15, 0.2) is 22.9 Å². The first kappa shape index (κ1) is 14.9. The van der Waals surface area contributed by atoms with Crippen molar-refractivity contribution in [3.05, 3.63) is 30.0 Å². The van der Waals surface area contributed by atoms with Gasteiger partial charge in [-0.3, -0.25) is 4.90 Å². The third-order valence-corrected chi connectivity index (χ3v) is 3.98. The van der Waals surface area contributed by atoms with Gasteiger partial charge in [0, 0.05) is 31.7 Å². The lowest BCUT2D eigenvalue weighted by molar-refractivity contribution is 0.288. The molecule has 0 unspecified atom stereocenters. The van der Waals surface area contributed by atoms with Crippen molar-refractivity contribution in [3.8, 4) is 0 Å². The smallest absolute Gasteiger partial charge is 0.226 e. The minimum absolute atomic E-state index is 0.458. The molecule has 2 aromatic rings. The van der Waals surface area contributed by atoms with E-state index < -0.39 is 0 Å². The lowest BCUT2D eigenvalue weighted by Gasteiger charge is -2.28. The van der Waals surface area contributed by atoms with Crippen LogP contribution in [0.3, 0.4) is 0 Å². The highest BCUT2D eigenvalue weighted by atomic mass is 16.5. The summed E-state index contributed by atoms with van der Waals surface area (Å²) >= 11 is 0. The molecule has 1 fully saturated rings. The van der Waals surface area contributed by atoms with Crippen LogP contribution in [0, 0.1) is 0 Å². The second kappa shape index (κ2) is 6.83. The molecule has 3 heterocycles. The molecule has 0 aromatic carbocycles. The van der Waals surface area contributed by atoms with Gasteiger partial charge in [0.25, 0.3) is 0 Å². The summed E-state index contributed by atoms with van der Waals surface area (Å²) in [5, 5.41) is 12.2. The van der Waals surface area contributed by atoms with Gasteiger partial charge in [-0.1, -0.05) is 12.1 Å². The van der Waals surface area contributed by atoms with Crippen LogP contribution < -0.4 is 4.90 Å². The van der Waals surface area contributed by atoms with E-state index in [1.165, 1.54) is 12.8 Å². The number of likely N-dealkylation sites (N-methyl/N-ethyl adjacent to an activating group) is 1. The molecule has 0 aliphatic carbocycles. The van der Waals surface area contributed by atoms with Gasteiger partial charge in [-0.25, -0.2) is 0 Å². The van der Waals surface area contributed by atoms with Gasteiger partial charge in [0.1, 0.15) is 0 Å². The Morgan fingerprint density at radius 1 is 1.45 bits per heavy atom. The van der Waals surface area contributed by atoms with Gasteiger partial charge in [0.05, 0.1) is 6.54 Å². The van der Waals surface area contributed by atoms with Gasteiger partial charge in [0.15, 0.2) is 11.6 Å². The van der Waals surface area contributed by atoms with E-state index in [2.05, 4.69) is 37.2 Å². The molecule has 0 bridgehead atoms. The maximum Gasteiger partial charge on any atom is 0.226 e. The van der Waals surface area contributed by atoms with Crippen molar-refractivity contribution in [2.24, 2.45) is 0 Å². The normalized spacial score (nSPS) is 18.3. The van der Waals surface area contributed by atoms with Gasteiger partial charge in [-0.2, -0.15) is 10.1 Å². The number of hydrogen-bond donors (Lipinski definition) is 0. The maximum atomic E-state index is 5.16. The summed E-state index contributed by atoms with van der Waals surface area (Å²) in [5.74, 6) is 2.42. The van der Waals surface area contributed by atoms with Crippen molar-refractivity contribution < 1.29 is 4.52 Å². The number of aryl methyl sites for hydroxylation is 1. The summed E-state index contributed by atoms with van der Waals surface area (Å²) in [4.78, 5) is 8.95. The van der Waals surface area contributed by atoms with Gasteiger partial charge in [-0.05, 0) is 32.0 Å². The molecular weight excluding hydrogens is 280 g/mol. The number of nitrogens with zero attached hydrogens (tertiary/aromatic N) is 6. The summed E-state index contributed by atoms with van der Waals surface area (Å²) < 4.78 is 5.16. The lowest BCUT2D eigenvalue weighted by atomic mass is 10.2. The average molecular weight is 302 g/mol. The quantitative estimate of drug-likeness (QED) is 0.801. The Bertz CT molecular complexity index is 587. The molecule has 0 saturated carbocycles. The van der Waals surface area contributed by atoms with Crippen molar-refractivity contribution in [2.75, 3.05) is 25.0 Å². The van der Waals surface area contributed by atoms with E-state index in [0.29, 0.717) is 18.5 Å². The van der Waals surface area contributed by atoms with Crippen LogP contribution >= 0.6 is 0 Å². The molecule has 0 radical (unpaired) electrons. The van der Waals surface area contributed by atoms with Crippen LogP contribution in [0.4, 0.5) is 5.82 Å². The molecule has 22 heavy (non-hydrogen) atoms.